The zero-order valence-corrected chi connectivity index (χ0v) is 9.18. The standard InChI is InChI=1S/C11H21NO/c1-9(2)5-6-12-10-7-11(3,4)13-8-10/h5,10,12H,6-8H2,1-4H3. The molecule has 1 heterocycles. The zero-order chi connectivity index (χ0) is 9.90. The van der Waals surface area contributed by atoms with Crippen molar-refractivity contribution in [3.8, 4) is 0 Å². The highest BCUT2D eigenvalue weighted by Gasteiger charge is 2.31. The molecule has 0 amide bonds. The molecular formula is C11H21NO. The number of hydrogen-bond donors (Lipinski definition) is 1. The first kappa shape index (κ1) is 10.7. The van der Waals surface area contributed by atoms with Gasteiger partial charge in [-0.15, -0.1) is 0 Å². The summed E-state index contributed by atoms with van der Waals surface area (Å²) in [6.45, 7) is 10.4. The molecular weight excluding hydrogens is 162 g/mol. The second kappa shape index (κ2) is 4.25. The fourth-order valence-corrected chi connectivity index (χ4v) is 1.60. The van der Waals surface area contributed by atoms with Crippen LogP contribution in [0.15, 0.2) is 11.6 Å². The molecule has 0 bridgehead atoms. The smallest absolute Gasteiger partial charge is 0.0643 e. The van der Waals surface area contributed by atoms with E-state index in [4.69, 9.17) is 4.74 Å². The maximum atomic E-state index is 5.63. The van der Waals surface area contributed by atoms with Crippen LogP contribution in [0.1, 0.15) is 34.1 Å². The number of rotatable bonds is 3. The third-order valence-corrected chi connectivity index (χ3v) is 2.33. The lowest BCUT2D eigenvalue weighted by molar-refractivity contribution is 0.0357. The molecule has 0 aliphatic carbocycles. The minimum Gasteiger partial charge on any atom is -0.374 e. The molecule has 1 rings (SSSR count). The average Bonchev–Trinajstić information content (AvgIpc) is 2.29. The Morgan fingerprint density at radius 3 is 2.69 bits per heavy atom. The molecule has 1 aliphatic heterocycles. The van der Waals surface area contributed by atoms with E-state index in [9.17, 15) is 0 Å². The van der Waals surface area contributed by atoms with Crippen LogP contribution in [0.3, 0.4) is 0 Å². The van der Waals surface area contributed by atoms with E-state index >= 15 is 0 Å². The molecule has 1 saturated heterocycles. The fraction of sp³-hybridized carbons (Fsp3) is 0.818. The third kappa shape index (κ3) is 3.92. The van der Waals surface area contributed by atoms with Crippen LogP contribution >= 0.6 is 0 Å². The van der Waals surface area contributed by atoms with Crippen molar-refractivity contribution in [2.75, 3.05) is 13.2 Å². The van der Waals surface area contributed by atoms with E-state index in [1.807, 2.05) is 0 Å². The van der Waals surface area contributed by atoms with E-state index < -0.39 is 0 Å². The van der Waals surface area contributed by atoms with E-state index in [1.54, 1.807) is 0 Å². The van der Waals surface area contributed by atoms with Gasteiger partial charge in [-0.05, 0) is 34.1 Å². The van der Waals surface area contributed by atoms with Crippen molar-refractivity contribution < 1.29 is 4.74 Å². The average molecular weight is 183 g/mol. The van der Waals surface area contributed by atoms with Gasteiger partial charge in [0.25, 0.3) is 0 Å². The topological polar surface area (TPSA) is 21.3 Å². The summed E-state index contributed by atoms with van der Waals surface area (Å²) in [7, 11) is 0. The summed E-state index contributed by atoms with van der Waals surface area (Å²) < 4.78 is 5.63. The van der Waals surface area contributed by atoms with Gasteiger partial charge >= 0.3 is 0 Å². The van der Waals surface area contributed by atoms with E-state index in [-0.39, 0.29) is 5.60 Å². The largest absolute Gasteiger partial charge is 0.374 e. The second-order valence-electron chi connectivity index (χ2n) is 4.66. The van der Waals surface area contributed by atoms with E-state index in [0.717, 1.165) is 19.6 Å². The summed E-state index contributed by atoms with van der Waals surface area (Å²) in [4.78, 5) is 0. The number of nitrogens with one attached hydrogen (secondary N) is 1. The van der Waals surface area contributed by atoms with Crippen molar-refractivity contribution in [1.29, 1.82) is 0 Å². The van der Waals surface area contributed by atoms with Crippen molar-refractivity contribution in [1.82, 2.24) is 5.32 Å². The molecule has 0 aromatic heterocycles. The van der Waals surface area contributed by atoms with Gasteiger partial charge in [-0.25, -0.2) is 0 Å². The highest BCUT2D eigenvalue weighted by molar-refractivity contribution is 4.96. The molecule has 0 spiro atoms. The van der Waals surface area contributed by atoms with E-state index in [1.165, 1.54) is 5.57 Å². The predicted molar refractivity (Wildman–Crippen MR) is 55.9 cm³/mol. The first-order valence-electron chi connectivity index (χ1n) is 5.00. The maximum absolute atomic E-state index is 5.63. The molecule has 76 valence electrons. The van der Waals surface area contributed by atoms with Gasteiger partial charge in [-0.3, -0.25) is 0 Å². The fourth-order valence-electron chi connectivity index (χ4n) is 1.60. The number of allylic oxidation sites excluding steroid dienone is 1. The summed E-state index contributed by atoms with van der Waals surface area (Å²) in [5, 5.41) is 3.47. The predicted octanol–water partition coefficient (Wildman–Crippen LogP) is 2.11. The van der Waals surface area contributed by atoms with Gasteiger partial charge in [-0.2, -0.15) is 0 Å². The Bertz CT molecular complexity index is 192. The van der Waals surface area contributed by atoms with Gasteiger partial charge in [0.2, 0.25) is 0 Å². The SMILES string of the molecule is CC(C)=CCNC1COC(C)(C)C1. The first-order chi connectivity index (χ1) is 5.99. The Balaban J connectivity index is 2.22. The molecule has 1 N–H and O–H groups in total. The van der Waals surface area contributed by atoms with Crippen molar-refractivity contribution in [3.63, 3.8) is 0 Å². The van der Waals surface area contributed by atoms with Gasteiger partial charge in [0.05, 0.1) is 12.2 Å². The van der Waals surface area contributed by atoms with Crippen LogP contribution in [0.2, 0.25) is 0 Å². The number of hydrogen-bond acceptors (Lipinski definition) is 2. The molecule has 1 aliphatic rings. The normalized spacial score (nSPS) is 26.0. The number of ether oxygens (including phenoxy) is 1. The summed E-state index contributed by atoms with van der Waals surface area (Å²) in [6, 6.07) is 0.533. The monoisotopic (exact) mass is 183 g/mol. The van der Waals surface area contributed by atoms with Crippen LogP contribution in [0.25, 0.3) is 0 Å². The molecule has 1 atom stereocenters. The Kier molecular flexibility index (Phi) is 3.51. The molecule has 2 nitrogen and oxygen atoms in total. The zero-order valence-electron chi connectivity index (χ0n) is 9.18. The minimum atomic E-state index is 0.0721. The van der Waals surface area contributed by atoms with E-state index in [0.29, 0.717) is 6.04 Å². The summed E-state index contributed by atoms with van der Waals surface area (Å²) >= 11 is 0. The quantitative estimate of drug-likeness (QED) is 0.677. The Morgan fingerprint density at radius 1 is 1.54 bits per heavy atom. The minimum absolute atomic E-state index is 0.0721. The molecule has 0 aromatic rings. The van der Waals surface area contributed by atoms with Crippen LogP contribution in [-0.2, 0) is 4.74 Å². The molecule has 2 heteroatoms. The maximum Gasteiger partial charge on any atom is 0.0643 e. The highest BCUT2D eigenvalue weighted by Crippen LogP contribution is 2.24. The van der Waals surface area contributed by atoms with Crippen LogP contribution < -0.4 is 5.32 Å². The van der Waals surface area contributed by atoms with Crippen LogP contribution in [-0.4, -0.2) is 24.8 Å². The highest BCUT2D eigenvalue weighted by atomic mass is 16.5. The molecule has 0 aromatic carbocycles. The van der Waals surface area contributed by atoms with Gasteiger partial charge in [0.1, 0.15) is 0 Å². The van der Waals surface area contributed by atoms with Gasteiger partial charge in [0, 0.05) is 12.6 Å². The van der Waals surface area contributed by atoms with E-state index in [2.05, 4.69) is 39.1 Å². The molecule has 0 radical (unpaired) electrons. The van der Waals surface area contributed by atoms with Gasteiger partial charge in [0.15, 0.2) is 0 Å². The summed E-state index contributed by atoms with van der Waals surface area (Å²) in [5.41, 5.74) is 1.44. The Labute approximate surface area is 81.4 Å². The molecule has 13 heavy (non-hydrogen) atoms. The second-order valence-corrected chi connectivity index (χ2v) is 4.66. The van der Waals surface area contributed by atoms with Gasteiger partial charge in [-0.1, -0.05) is 11.6 Å². The summed E-state index contributed by atoms with van der Waals surface area (Å²) in [5.74, 6) is 0. The van der Waals surface area contributed by atoms with Gasteiger partial charge < -0.3 is 10.1 Å². The third-order valence-electron chi connectivity index (χ3n) is 2.33. The van der Waals surface area contributed by atoms with Crippen LogP contribution in [0.4, 0.5) is 0 Å². The summed E-state index contributed by atoms with van der Waals surface area (Å²) in [6.07, 6.45) is 3.33. The molecule has 1 fully saturated rings. The van der Waals surface area contributed by atoms with Crippen molar-refractivity contribution in [2.24, 2.45) is 0 Å². The van der Waals surface area contributed by atoms with Crippen molar-refractivity contribution >= 4 is 0 Å². The Hall–Kier alpha value is -0.340. The lowest BCUT2D eigenvalue weighted by atomic mass is 10.0. The van der Waals surface area contributed by atoms with Crippen molar-refractivity contribution in [3.05, 3.63) is 11.6 Å². The lowest BCUT2D eigenvalue weighted by Crippen LogP contribution is -2.30. The Morgan fingerprint density at radius 2 is 2.23 bits per heavy atom. The van der Waals surface area contributed by atoms with Crippen molar-refractivity contribution in [2.45, 2.75) is 45.8 Å². The first-order valence-corrected chi connectivity index (χ1v) is 5.00. The van der Waals surface area contributed by atoms with Crippen LogP contribution in [0.5, 0.6) is 0 Å². The molecule has 1 unspecified atom stereocenters. The lowest BCUT2D eigenvalue weighted by Gasteiger charge is -2.15. The molecule has 0 saturated carbocycles. The van der Waals surface area contributed by atoms with Crippen LogP contribution in [0, 0.1) is 0 Å².